The number of hydrogen-bond acceptors (Lipinski definition) is 3. The maximum absolute atomic E-state index is 10.3. The number of aryl methyl sites for hydroxylation is 1. The molecule has 0 saturated heterocycles. The van der Waals surface area contributed by atoms with Gasteiger partial charge < -0.3 is 9.84 Å². The van der Waals surface area contributed by atoms with Crippen molar-refractivity contribution < 1.29 is 9.84 Å². The van der Waals surface area contributed by atoms with Gasteiger partial charge in [0.25, 0.3) is 0 Å². The summed E-state index contributed by atoms with van der Waals surface area (Å²) in [5.74, 6) is 0.889. The molecule has 0 heterocycles. The Morgan fingerprint density at radius 3 is 2.64 bits per heavy atom. The molecule has 22 heavy (non-hydrogen) atoms. The van der Waals surface area contributed by atoms with E-state index in [1.54, 1.807) is 0 Å². The number of likely N-dealkylation sites (N-methyl/N-ethyl adjacent to an activating group) is 1. The van der Waals surface area contributed by atoms with Gasteiger partial charge in [0.15, 0.2) is 0 Å². The lowest BCUT2D eigenvalue weighted by atomic mass is 9.94. The zero-order valence-electron chi connectivity index (χ0n) is 14.3. The van der Waals surface area contributed by atoms with Gasteiger partial charge in [0.1, 0.15) is 18.5 Å². The Balaban J connectivity index is 1.83. The molecule has 124 valence electrons. The van der Waals surface area contributed by atoms with Crippen LogP contribution in [0.5, 0.6) is 5.75 Å². The van der Waals surface area contributed by atoms with Crippen LogP contribution in [-0.2, 0) is 0 Å². The van der Waals surface area contributed by atoms with Crippen LogP contribution >= 0.6 is 0 Å². The van der Waals surface area contributed by atoms with Crippen molar-refractivity contribution in [1.29, 1.82) is 0 Å². The van der Waals surface area contributed by atoms with Gasteiger partial charge in [-0.2, -0.15) is 0 Å². The molecule has 3 nitrogen and oxygen atoms in total. The molecule has 1 saturated carbocycles. The van der Waals surface area contributed by atoms with Crippen molar-refractivity contribution in [2.24, 2.45) is 0 Å². The summed E-state index contributed by atoms with van der Waals surface area (Å²) in [7, 11) is 0. The number of aliphatic hydroxyl groups is 1. The monoisotopic (exact) mass is 305 g/mol. The van der Waals surface area contributed by atoms with Crippen molar-refractivity contribution in [2.75, 3.05) is 19.7 Å². The molecule has 1 atom stereocenters. The van der Waals surface area contributed by atoms with Gasteiger partial charge in [0.2, 0.25) is 0 Å². The molecule has 0 spiro atoms. The highest BCUT2D eigenvalue weighted by atomic mass is 16.5. The molecule has 3 heteroatoms. The fourth-order valence-corrected chi connectivity index (χ4v) is 3.37. The maximum Gasteiger partial charge on any atom is 0.122 e. The minimum Gasteiger partial charge on any atom is -0.491 e. The fourth-order valence-electron chi connectivity index (χ4n) is 3.37. The normalized spacial score (nSPS) is 17.7. The van der Waals surface area contributed by atoms with Crippen molar-refractivity contribution >= 4 is 0 Å². The highest BCUT2D eigenvalue weighted by Gasteiger charge is 2.22. The molecule has 0 radical (unpaired) electrons. The van der Waals surface area contributed by atoms with E-state index < -0.39 is 6.10 Å². The lowest BCUT2D eigenvalue weighted by Crippen LogP contribution is -2.43. The van der Waals surface area contributed by atoms with E-state index in [1.807, 2.05) is 12.1 Å². The molecule has 0 unspecified atom stereocenters. The molecule has 1 aromatic carbocycles. The molecule has 1 N–H and O–H groups in total. The van der Waals surface area contributed by atoms with Gasteiger partial charge in [0.05, 0.1) is 0 Å². The zero-order chi connectivity index (χ0) is 15.9. The van der Waals surface area contributed by atoms with Gasteiger partial charge in [-0.3, -0.25) is 4.90 Å². The first kappa shape index (κ1) is 17.3. The maximum atomic E-state index is 10.3. The Morgan fingerprint density at radius 1 is 1.23 bits per heavy atom. The van der Waals surface area contributed by atoms with Crippen LogP contribution in [0.25, 0.3) is 0 Å². The van der Waals surface area contributed by atoms with Crippen LogP contribution in [0.2, 0.25) is 0 Å². The fraction of sp³-hybridized carbons (Fsp3) is 0.684. The Kier molecular flexibility index (Phi) is 6.71. The standard InChI is InChI=1S/C19H31NO2/c1-4-20(17-10-6-5-7-11-17)13-18(21)14-22-19-12-8-9-15(2)16(19)3/h8-9,12,17-18,21H,4-7,10-11,13-14H2,1-3H3/t18-/m1/s1. The molecule has 0 amide bonds. The predicted octanol–water partition coefficient (Wildman–Crippen LogP) is 3.70. The molecule has 2 rings (SSSR count). The van der Waals surface area contributed by atoms with Crippen molar-refractivity contribution in [1.82, 2.24) is 4.90 Å². The predicted molar refractivity (Wildman–Crippen MR) is 91.5 cm³/mol. The first-order chi connectivity index (χ1) is 10.6. The van der Waals surface area contributed by atoms with Gasteiger partial charge in [0, 0.05) is 12.6 Å². The zero-order valence-corrected chi connectivity index (χ0v) is 14.3. The van der Waals surface area contributed by atoms with Crippen molar-refractivity contribution in [3.63, 3.8) is 0 Å². The van der Waals surface area contributed by atoms with Gasteiger partial charge in [-0.25, -0.2) is 0 Å². The summed E-state index contributed by atoms with van der Waals surface area (Å²) in [4.78, 5) is 2.43. The smallest absolute Gasteiger partial charge is 0.122 e. The van der Waals surface area contributed by atoms with E-state index in [-0.39, 0.29) is 0 Å². The summed E-state index contributed by atoms with van der Waals surface area (Å²) in [6.45, 7) is 8.43. The second-order valence-electron chi connectivity index (χ2n) is 6.54. The highest BCUT2D eigenvalue weighted by Crippen LogP contribution is 2.23. The Bertz CT molecular complexity index is 455. The van der Waals surface area contributed by atoms with Crippen LogP contribution in [0.4, 0.5) is 0 Å². The summed E-state index contributed by atoms with van der Waals surface area (Å²) in [5.41, 5.74) is 2.39. The molecular weight excluding hydrogens is 274 g/mol. The van der Waals surface area contributed by atoms with Gasteiger partial charge in [-0.15, -0.1) is 0 Å². The van der Waals surface area contributed by atoms with Gasteiger partial charge >= 0.3 is 0 Å². The summed E-state index contributed by atoms with van der Waals surface area (Å²) in [6.07, 6.45) is 6.15. The van der Waals surface area contributed by atoms with E-state index in [9.17, 15) is 5.11 Å². The molecular formula is C19H31NO2. The van der Waals surface area contributed by atoms with Crippen LogP contribution in [0.15, 0.2) is 18.2 Å². The van der Waals surface area contributed by atoms with Crippen molar-refractivity contribution in [3.05, 3.63) is 29.3 Å². The Labute approximate surface area is 135 Å². The number of rotatable bonds is 7. The summed E-state index contributed by atoms with van der Waals surface area (Å²) in [6, 6.07) is 6.72. The quantitative estimate of drug-likeness (QED) is 0.834. The van der Waals surface area contributed by atoms with Gasteiger partial charge in [-0.05, 0) is 50.4 Å². The average molecular weight is 305 g/mol. The summed E-state index contributed by atoms with van der Waals surface area (Å²) in [5, 5.41) is 10.3. The van der Waals surface area contributed by atoms with Crippen LogP contribution in [0.3, 0.4) is 0 Å². The lowest BCUT2D eigenvalue weighted by molar-refractivity contribution is 0.0462. The molecule has 0 aromatic heterocycles. The molecule has 1 aliphatic carbocycles. The average Bonchev–Trinajstić information content (AvgIpc) is 2.55. The number of nitrogens with zero attached hydrogens (tertiary/aromatic N) is 1. The first-order valence-corrected chi connectivity index (χ1v) is 8.73. The van der Waals surface area contributed by atoms with E-state index in [2.05, 4.69) is 31.7 Å². The number of benzene rings is 1. The van der Waals surface area contributed by atoms with E-state index >= 15 is 0 Å². The summed E-state index contributed by atoms with van der Waals surface area (Å²) >= 11 is 0. The minimum absolute atomic E-state index is 0.369. The SMILES string of the molecule is CCN(C[C@@H](O)COc1cccc(C)c1C)C1CCCCC1. The molecule has 1 fully saturated rings. The van der Waals surface area contributed by atoms with E-state index in [1.165, 1.54) is 37.7 Å². The van der Waals surface area contributed by atoms with Crippen LogP contribution in [0.1, 0.15) is 50.2 Å². The molecule has 0 bridgehead atoms. The van der Waals surface area contributed by atoms with Gasteiger partial charge in [-0.1, -0.05) is 38.3 Å². The van der Waals surface area contributed by atoms with E-state index in [0.717, 1.165) is 17.9 Å². The largest absolute Gasteiger partial charge is 0.491 e. The van der Waals surface area contributed by atoms with Crippen LogP contribution < -0.4 is 4.74 Å². The second-order valence-corrected chi connectivity index (χ2v) is 6.54. The Hall–Kier alpha value is -1.06. The highest BCUT2D eigenvalue weighted by molar-refractivity contribution is 5.38. The minimum atomic E-state index is -0.429. The van der Waals surface area contributed by atoms with Crippen LogP contribution in [-0.4, -0.2) is 41.8 Å². The Morgan fingerprint density at radius 2 is 1.95 bits per heavy atom. The molecule has 0 aliphatic heterocycles. The van der Waals surface area contributed by atoms with E-state index in [4.69, 9.17) is 4.74 Å². The van der Waals surface area contributed by atoms with Crippen LogP contribution in [0, 0.1) is 13.8 Å². The number of hydrogen-bond donors (Lipinski definition) is 1. The van der Waals surface area contributed by atoms with Crippen molar-refractivity contribution in [3.8, 4) is 5.75 Å². The first-order valence-electron chi connectivity index (χ1n) is 8.73. The van der Waals surface area contributed by atoms with E-state index in [0.29, 0.717) is 19.2 Å². The lowest BCUT2D eigenvalue weighted by Gasteiger charge is -2.34. The number of ether oxygens (including phenoxy) is 1. The topological polar surface area (TPSA) is 32.7 Å². The molecule has 1 aromatic rings. The summed E-state index contributed by atoms with van der Waals surface area (Å²) < 4.78 is 5.84. The third-order valence-corrected chi connectivity index (χ3v) is 4.93. The molecule has 1 aliphatic rings. The third kappa shape index (κ3) is 4.72. The third-order valence-electron chi connectivity index (χ3n) is 4.93. The second kappa shape index (κ2) is 8.54. The van der Waals surface area contributed by atoms with Crippen molar-refractivity contribution in [2.45, 2.75) is 65.0 Å². The number of aliphatic hydroxyl groups excluding tert-OH is 1.